The van der Waals surface area contributed by atoms with Crippen LogP contribution in [0.2, 0.25) is 5.02 Å². The number of aliphatic imine (C=N–C) groups is 1. The number of furan rings is 1. The fourth-order valence-corrected chi connectivity index (χ4v) is 2.80. The molecule has 3 aromatic rings. The summed E-state index contributed by atoms with van der Waals surface area (Å²) in [5.74, 6) is -0.386. The van der Waals surface area contributed by atoms with Crippen molar-refractivity contribution < 1.29 is 23.8 Å². The highest BCUT2D eigenvalue weighted by atomic mass is 35.5. The molecule has 0 aliphatic rings. The van der Waals surface area contributed by atoms with Crippen molar-refractivity contribution >= 4 is 35.4 Å². The Morgan fingerprint density at radius 3 is 2.54 bits per heavy atom. The van der Waals surface area contributed by atoms with Gasteiger partial charge in [-0.25, -0.2) is 9.59 Å². The Hall–Kier alpha value is -3.38. The highest BCUT2D eigenvalue weighted by molar-refractivity contribution is 6.33. The maximum atomic E-state index is 11.6. The van der Waals surface area contributed by atoms with E-state index in [0.717, 1.165) is 11.1 Å². The van der Waals surface area contributed by atoms with E-state index in [9.17, 15) is 9.59 Å². The SMILES string of the molecule is COC(=O)c1ccc(Cl)c(N=Cc2ccc(-c3ccc(C(=O)O)cc3C)o2)c1. The van der Waals surface area contributed by atoms with Crippen LogP contribution in [0.3, 0.4) is 0 Å². The molecule has 0 aliphatic carbocycles. The van der Waals surface area contributed by atoms with Crippen LogP contribution in [0.15, 0.2) is 57.9 Å². The summed E-state index contributed by atoms with van der Waals surface area (Å²) >= 11 is 6.13. The number of carbonyl (C=O) groups is 2. The van der Waals surface area contributed by atoms with E-state index in [0.29, 0.717) is 27.8 Å². The number of esters is 1. The molecule has 0 fully saturated rings. The summed E-state index contributed by atoms with van der Waals surface area (Å²) in [6.07, 6.45) is 1.49. The van der Waals surface area contributed by atoms with Gasteiger partial charge in [0.25, 0.3) is 0 Å². The first-order valence-electron chi connectivity index (χ1n) is 8.25. The molecule has 142 valence electrons. The molecule has 0 unspecified atom stereocenters. The Morgan fingerprint density at radius 1 is 1.11 bits per heavy atom. The first kappa shape index (κ1) is 19.4. The fourth-order valence-electron chi connectivity index (χ4n) is 2.63. The third-order valence-electron chi connectivity index (χ3n) is 4.06. The van der Waals surface area contributed by atoms with Crippen LogP contribution in [0.5, 0.6) is 0 Å². The summed E-state index contributed by atoms with van der Waals surface area (Å²) < 4.78 is 10.5. The summed E-state index contributed by atoms with van der Waals surface area (Å²) in [7, 11) is 1.30. The molecule has 0 atom stereocenters. The van der Waals surface area contributed by atoms with E-state index in [2.05, 4.69) is 4.99 Å². The number of ether oxygens (including phenoxy) is 1. The molecule has 7 heteroatoms. The minimum Gasteiger partial charge on any atom is -0.478 e. The number of carboxylic acids is 1. The van der Waals surface area contributed by atoms with Crippen molar-refractivity contribution in [3.05, 3.63) is 76.0 Å². The number of nitrogens with zero attached hydrogens (tertiary/aromatic N) is 1. The van der Waals surface area contributed by atoms with E-state index in [-0.39, 0.29) is 5.56 Å². The van der Waals surface area contributed by atoms with Crippen molar-refractivity contribution in [2.45, 2.75) is 6.92 Å². The summed E-state index contributed by atoms with van der Waals surface area (Å²) in [5, 5.41) is 9.45. The zero-order valence-corrected chi connectivity index (χ0v) is 15.9. The van der Waals surface area contributed by atoms with Crippen molar-refractivity contribution in [3.63, 3.8) is 0 Å². The predicted molar refractivity (Wildman–Crippen MR) is 106 cm³/mol. The quantitative estimate of drug-likeness (QED) is 0.475. The average molecular weight is 398 g/mol. The van der Waals surface area contributed by atoms with Gasteiger partial charge in [-0.1, -0.05) is 17.7 Å². The number of benzene rings is 2. The molecule has 0 bridgehead atoms. The second kappa shape index (κ2) is 8.10. The van der Waals surface area contributed by atoms with Gasteiger partial charge in [-0.2, -0.15) is 0 Å². The Morgan fingerprint density at radius 2 is 1.86 bits per heavy atom. The lowest BCUT2D eigenvalue weighted by molar-refractivity contribution is 0.0600. The Balaban J connectivity index is 1.86. The second-order valence-electron chi connectivity index (χ2n) is 5.95. The number of hydrogen-bond acceptors (Lipinski definition) is 5. The van der Waals surface area contributed by atoms with Crippen LogP contribution in [0.1, 0.15) is 32.0 Å². The smallest absolute Gasteiger partial charge is 0.337 e. The zero-order chi connectivity index (χ0) is 20.3. The lowest BCUT2D eigenvalue weighted by atomic mass is 10.0. The highest BCUT2D eigenvalue weighted by Gasteiger charge is 2.11. The number of methoxy groups -OCH3 is 1. The van der Waals surface area contributed by atoms with Gasteiger partial charge in [0, 0.05) is 5.56 Å². The average Bonchev–Trinajstić information content (AvgIpc) is 3.15. The molecule has 0 aliphatic heterocycles. The molecule has 1 heterocycles. The number of carboxylic acid groups (broad SMARTS) is 1. The van der Waals surface area contributed by atoms with Gasteiger partial charge in [0.05, 0.1) is 35.2 Å². The monoisotopic (exact) mass is 397 g/mol. The number of hydrogen-bond donors (Lipinski definition) is 1. The Labute approximate surface area is 166 Å². The highest BCUT2D eigenvalue weighted by Crippen LogP contribution is 2.28. The standard InChI is InChI=1S/C21H16ClNO5/c1-12-9-13(20(24)25)3-6-16(12)19-8-5-15(28-19)11-23-18-10-14(21(26)27-2)4-7-17(18)22/h3-11H,1-2H3,(H,24,25). The third-order valence-corrected chi connectivity index (χ3v) is 4.38. The minimum atomic E-state index is -0.979. The molecule has 0 amide bonds. The third kappa shape index (κ3) is 4.13. The van der Waals surface area contributed by atoms with Crippen LogP contribution in [0.25, 0.3) is 11.3 Å². The van der Waals surface area contributed by atoms with Crippen LogP contribution in [-0.4, -0.2) is 30.4 Å². The van der Waals surface area contributed by atoms with Gasteiger partial charge < -0.3 is 14.3 Å². The van der Waals surface area contributed by atoms with Crippen LogP contribution in [-0.2, 0) is 4.74 Å². The largest absolute Gasteiger partial charge is 0.478 e. The molecule has 0 saturated heterocycles. The van der Waals surface area contributed by atoms with Gasteiger partial charge in [-0.05, 0) is 55.0 Å². The number of halogens is 1. The predicted octanol–water partition coefficient (Wildman–Crippen LogP) is 5.14. The molecule has 2 aromatic carbocycles. The molecular weight excluding hydrogens is 382 g/mol. The van der Waals surface area contributed by atoms with E-state index in [4.69, 9.17) is 25.9 Å². The first-order valence-corrected chi connectivity index (χ1v) is 8.63. The van der Waals surface area contributed by atoms with Crippen LogP contribution < -0.4 is 0 Å². The first-order chi connectivity index (χ1) is 13.4. The van der Waals surface area contributed by atoms with Crippen LogP contribution >= 0.6 is 11.6 Å². The fraction of sp³-hybridized carbons (Fsp3) is 0.0952. The minimum absolute atomic E-state index is 0.217. The normalized spacial score (nSPS) is 11.0. The second-order valence-corrected chi connectivity index (χ2v) is 6.36. The summed E-state index contributed by atoms with van der Waals surface area (Å²) in [5.41, 5.74) is 2.54. The van der Waals surface area contributed by atoms with E-state index in [1.54, 1.807) is 36.4 Å². The van der Waals surface area contributed by atoms with E-state index >= 15 is 0 Å². The molecule has 1 N–H and O–H groups in total. The van der Waals surface area contributed by atoms with E-state index < -0.39 is 11.9 Å². The molecule has 0 radical (unpaired) electrons. The molecule has 0 spiro atoms. The number of aromatic carboxylic acids is 1. The van der Waals surface area contributed by atoms with E-state index in [1.807, 2.05) is 6.92 Å². The van der Waals surface area contributed by atoms with Crippen molar-refractivity contribution in [1.82, 2.24) is 0 Å². The van der Waals surface area contributed by atoms with Crippen LogP contribution in [0, 0.1) is 6.92 Å². The van der Waals surface area contributed by atoms with Gasteiger partial charge in [-0.3, -0.25) is 4.99 Å². The maximum Gasteiger partial charge on any atom is 0.337 e. The number of rotatable bonds is 5. The van der Waals surface area contributed by atoms with Crippen molar-refractivity contribution in [3.8, 4) is 11.3 Å². The number of carbonyl (C=O) groups excluding carboxylic acids is 1. The maximum absolute atomic E-state index is 11.6. The van der Waals surface area contributed by atoms with Crippen LogP contribution in [0.4, 0.5) is 5.69 Å². The summed E-state index contributed by atoms with van der Waals surface area (Å²) in [4.78, 5) is 27.0. The lowest BCUT2D eigenvalue weighted by Crippen LogP contribution is -2.00. The zero-order valence-electron chi connectivity index (χ0n) is 15.1. The Kier molecular flexibility index (Phi) is 5.61. The topological polar surface area (TPSA) is 89.1 Å². The van der Waals surface area contributed by atoms with Crippen molar-refractivity contribution in [2.24, 2.45) is 4.99 Å². The lowest BCUT2D eigenvalue weighted by Gasteiger charge is -2.04. The molecule has 6 nitrogen and oxygen atoms in total. The van der Waals surface area contributed by atoms with Gasteiger partial charge in [0.2, 0.25) is 0 Å². The molecule has 3 rings (SSSR count). The molecule has 28 heavy (non-hydrogen) atoms. The van der Waals surface area contributed by atoms with Crippen molar-refractivity contribution in [2.75, 3.05) is 7.11 Å². The summed E-state index contributed by atoms with van der Waals surface area (Å²) in [6.45, 7) is 1.82. The van der Waals surface area contributed by atoms with Crippen molar-refractivity contribution in [1.29, 1.82) is 0 Å². The molecule has 0 saturated carbocycles. The van der Waals surface area contributed by atoms with Gasteiger partial charge >= 0.3 is 11.9 Å². The molecule has 1 aromatic heterocycles. The van der Waals surface area contributed by atoms with E-state index in [1.165, 1.54) is 25.5 Å². The number of aryl methyl sites for hydroxylation is 1. The van der Waals surface area contributed by atoms with Gasteiger partial charge in [0.15, 0.2) is 0 Å². The van der Waals surface area contributed by atoms with Gasteiger partial charge in [-0.15, -0.1) is 0 Å². The summed E-state index contributed by atoms with van der Waals surface area (Å²) in [6, 6.07) is 13.0. The van der Waals surface area contributed by atoms with Gasteiger partial charge in [0.1, 0.15) is 11.5 Å². The Bertz CT molecular complexity index is 1080. The molecular formula is C21H16ClNO5.